The molecule has 0 aromatic carbocycles. The molecular weight excluding hydrogens is 293 g/mol. The molecule has 1 heterocycles. The maximum absolute atomic E-state index is 12.5. The van der Waals surface area contributed by atoms with E-state index >= 15 is 0 Å². The summed E-state index contributed by atoms with van der Waals surface area (Å²) in [5, 5.41) is 20.0. The van der Waals surface area contributed by atoms with Crippen molar-refractivity contribution in [2.45, 2.75) is 31.7 Å². The summed E-state index contributed by atoms with van der Waals surface area (Å²) in [7, 11) is 0. The van der Waals surface area contributed by atoms with Gasteiger partial charge in [0.05, 0.1) is 16.7 Å². The van der Waals surface area contributed by atoms with E-state index in [0.717, 1.165) is 32.3 Å². The lowest BCUT2D eigenvalue weighted by Crippen LogP contribution is -2.57. The van der Waals surface area contributed by atoms with Crippen molar-refractivity contribution >= 4 is 11.9 Å². The highest BCUT2D eigenvalue weighted by molar-refractivity contribution is 5.97. The highest BCUT2D eigenvalue weighted by Crippen LogP contribution is 2.28. The Hall–Kier alpha value is -2.16. The molecule has 6 nitrogen and oxygen atoms in total. The van der Waals surface area contributed by atoms with Crippen LogP contribution in [0.15, 0.2) is 18.5 Å². The van der Waals surface area contributed by atoms with Crippen molar-refractivity contribution in [1.29, 1.82) is 0 Å². The first-order valence-corrected chi connectivity index (χ1v) is 5.71. The first-order chi connectivity index (χ1) is 9.45. The lowest BCUT2D eigenvalue weighted by Gasteiger charge is -2.32. The van der Waals surface area contributed by atoms with Gasteiger partial charge in [0.15, 0.2) is 6.10 Å². The van der Waals surface area contributed by atoms with Crippen LogP contribution in [0, 0.1) is 0 Å². The molecule has 1 amide bonds. The number of aromatic carboxylic acids is 1. The number of carbonyl (C=O) groups excluding carboxylic acids is 1. The van der Waals surface area contributed by atoms with Crippen molar-refractivity contribution in [1.82, 2.24) is 10.3 Å². The summed E-state index contributed by atoms with van der Waals surface area (Å²) in [4.78, 5) is 26.1. The third-order valence-corrected chi connectivity index (χ3v) is 2.68. The molecule has 0 saturated carbocycles. The molecule has 1 aromatic heterocycles. The van der Waals surface area contributed by atoms with E-state index in [1.165, 1.54) is 0 Å². The van der Waals surface area contributed by atoms with Gasteiger partial charge in [-0.1, -0.05) is 0 Å². The van der Waals surface area contributed by atoms with Crippen LogP contribution in [0.2, 0.25) is 0 Å². The second kappa shape index (κ2) is 5.68. The Kier molecular flexibility index (Phi) is 4.57. The minimum absolute atomic E-state index is 0.225. The number of alkyl halides is 3. The van der Waals surface area contributed by atoms with Crippen molar-refractivity contribution in [3.05, 3.63) is 29.6 Å². The molecule has 0 bridgehead atoms. The van der Waals surface area contributed by atoms with Gasteiger partial charge < -0.3 is 15.5 Å². The number of hydrogen-bond donors (Lipinski definition) is 3. The quantitative estimate of drug-likeness (QED) is 0.776. The van der Waals surface area contributed by atoms with Gasteiger partial charge in [-0.25, -0.2) is 4.79 Å². The number of hydrogen-bond acceptors (Lipinski definition) is 4. The molecule has 0 aliphatic rings. The zero-order valence-electron chi connectivity index (χ0n) is 11.1. The Morgan fingerprint density at radius 3 is 2.24 bits per heavy atom. The molecule has 0 aliphatic heterocycles. The van der Waals surface area contributed by atoms with Gasteiger partial charge in [0, 0.05) is 12.4 Å². The van der Waals surface area contributed by atoms with E-state index in [9.17, 15) is 27.9 Å². The van der Waals surface area contributed by atoms with Gasteiger partial charge in [0.25, 0.3) is 5.91 Å². The molecular formula is C12H13F3N2O4. The number of aliphatic hydroxyl groups excluding tert-OH is 1. The topological polar surface area (TPSA) is 99.5 Å². The van der Waals surface area contributed by atoms with Crippen LogP contribution in [0.3, 0.4) is 0 Å². The predicted molar refractivity (Wildman–Crippen MR) is 64.8 cm³/mol. The van der Waals surface area contributed by atoms with Gasteiger partial charge in [-0.05, 0) is 19.9 Å². The largest absolute Gasteiger partial charge is 0.478 e. The summed E-state index contributed by atoms with van der Waals surface area (Å²) in [6.45, 7) is 2.00. The van der Waals surface area contributed by atoms with Crippen molar-refractivity contribution < 1.29 is 33.0 Å². The predicted octanol–water partition coefficient (Wildman–Crippen LogP) is 1.21. The summed E-state index contributed by atoms with van der Waals surface area (Å²) in [5.74, 6) is -2.30. The van der Waals surface area contributed by atoms with E-state index in [1.807, 2.05) is 5.32 Å². The van der Waals surface area contributed by atoms with E-state index in [0.29, 0.717) is 0 Å². The third kappa shape index (κ3) is 4.15. The number of nitrogens with one attached hydrogen (secondary N) is 1. The lowest BCUT2D eigenvalue weighted by atomic mass is 9.96. The van der Waals surface area contributed by atoms with E-state index in [4.69, 9.17) is 5.11 Å². The van der Waals surface area contributed by atoms with Crippen LogP contribution in [0.4, 0.5) is 13.2 Å². The lowest BCUT2D eigenvalue weighted by molar-refractivity contribution is -0.222. The number of amides is 1. The maximum Gasteiger partial charge on any atom is 0.416 e. The Labute approximate surface area is 117 Å². The second-order valence-electron chi connectivity index (χ2n) is 4.89. The van der Waals surface area contributed by atoms with Crippen molar-refractivity contribution in [2.24, 2.45) is 0 Å². The summed E-state index contributed by atoms with van der Waals surface area (Å²) in [6.07, 6.45) is -5.67. The normalized spacial score (nSPS) is 13.6. The molecule has 21 heavy (non-hydrogen) atoms. The molecule has 0 saturated heterocycles. The Balaban J connectivity index is 2.95. The standard InChI is InChI=1S/C12H13F3N2O4/c1-11(2,10(21)12(13,14)15)17-8(18)6-3-7(9(19)20)5-16-4-6/h3-5,10,21H,1-2H3,(H,17,18)(H,19,20). The van der Waals surface area contributed by atoms with Crippen molar-refractivity contribution in [3.63, 3.8) is 0 Å². The van der Waals surface area contributed by atoms with E-state index in [2.05, 4.69) is 4.98 Å². The third-order valence-electron chi connectivity index (χ3n) is 2.68. The summed E-state index contributed by atoms with van der Waals surface area (Å²) in [6, 6.07) is 0.973. The fourth-order valence-corrected chi connectivity index (χ4v) is 1.52. The highest BCUT2D eigenvalue weighted by atomic mass is 19.4. The van der Waals surface area contributed by atoms with Gasteiger partial charge in [-0.15, -0.1) is 0 Å². The van der Waals surface area contributed by atoms with Crippen LogP contribution in [-0.2, 0) is 0 Å². The Morgan fingerprint density at radius 2 is 1.76 bits per heavy atom. The minimum Gasteiger partial charge on any atom is -0.478 e. The Morgan fingerprint density at radius 1 is 1.24 bits per heavy atom. The number of carbonyl (C=O) groups is 2. The second-order valence-corrected chi connectivity index (χ2v) is 4.89. The number of carboxylic acid groups (broad SMARTS) is 1. The fraction of sp³-hybridized carbons (Fsp3) is 0.417. The number of aliphatic hydroxyl groups is 1. The number of halogens is 3. The van der Waals surface area contributed by atoms with Gasteiger partial charge in [0.1, 0.15) is 0 Å². The molecule has 1 rings (SSSR count). The fourth-order valence-electron chi connectivity index (χ4n) is 1.52. The SMILES string of the molecule is CC(C)(NC(=O)c1cncc(C(=O)O)c1)C(O)C(F)(F)F. The monoisotopic (exact) mass is 306 g/mol. The van der Waals surface area contributed by atoms with Crippen molar-refractivity contribution in [3.8, 4) is 0 Å². The highest BCUT2D eigenvalue weighted by Gasteiger charge is 2.48. The van der Waals surface area contributed by atoms with Crippen LogP contribution in [0.1, 0.15) is 34.6 Å². The molecule has 0 spiro atoms. The van der Waals surface area contributed by atoms with Gasteiger partial charge in [-0.2, -0.15) is 13.2 Å². The average Bonchev–Trinajstić information content (AvgIpc) is 2.36. The zero-order valence-corrected chi connectivity index (χ0v) is 11.1. The maximum atomic E-state index is 12.5. The molecule has 1 aromatic rings. The van der Waals surface area contributed by atoms with Gasteiger partial charge >= 0.3 is 12.1 Å². The van der Waals surface area contributed by atoms with Crippen LogP contribution in [0.5, 0.6) is 0 Å². The van der Waals surface area contributed by atoms with Crippen LogP contribution >= 0.6 is 0 Å². The number of aromatic nitrogens is 1. The van der Waals surface area contributed by atoms with Gasteiger partial charge in [0.2, 0.25) is 0 Å². The summed E-state index contributed by atoms with van der Waals surface area (Å²) in [5.41, 5.74) is -2.50. The molecule has 1 atom stereocenters. The molecule has 3 N–H and O–H groups in total. The molecule has 0 aliphatic carbocycles. The van der Waals surface area contributed by atoms with Crippen LogP contribution < -0.4 is 5.32 Å². The van der Waals surface area contributed by atoms with Crippen LogP contribution in [0.25, 0.3) is 0 Å². The van der Waals surface area contributed by atoms with Crippen molar-refractivity contribution in [2.75, 3.05) is 0 Å². The molecule has 1 unspecified atom stereocenters. The smallest absolute Gasteiger partial charge is 0.416 e. The van der Waals surface area contributed by atoms with Gasteiger partial charge in [-0.3, -0.25) is 9.78 Å². The molecule has 9 heteroatoms. The first-order valence-electron chi connectivity index (χ1n) is 5.71. The zero-order chi connectivity index (χ0) is 16.4. The molecule has 0 radical (unpaired) electrons. The molecule has 0 fully saturated rings. The van der Waals surface area contributed by atoms with E-state index in [-0.39, 0.29) is 11.1 Å². The first kappa shape index (κ1) is 16.9. The molecule has 116 valence electrons. The number of nitrogens with zero attached hydrogens (tertiary/aromatic N) is 1. The Bertz CT molecular complexity index is 558. The number of pyridine rings is 1. The summed E-state index contributed by atoms with van der Waals surface area (Å²) < 4.78 is 37.4. The average molecular weight is 306 g/mol. The van der Waals surface area contributed by atoms with E-state index in [1.54, 1.807) is 0 Å². The summed E-state index contributed by atoms with van der Waals surface area (Å²) >= 11 is 0. The van der Waals surface area contributed by atoms with E-state index < -0.39 is 29.7 Å². The number of carboxylic acids is 1. The minimum atomic E-state index is -4.90. The number of rotatable bonds is 4. The van der Waals surface area contributed by atoms with Crippen LogP contribution in [-0.4, -0.2) is 44.9 Å².